The fourth-order valence-electron chi connectivity index (χ4n) is 1.76. The Hall–Kier alpha value is -0.860. The van der Waals surface area contributed by atoms with E-state index in [9.17, 15) is 9.59 Å². The van der Waals surface area contributed by atoms with Gasteiger partial charge in [-0.15, -0.1) is 0 Å². The topological polar surface area (TPSA) is 46.2 Å². The van der Waals surface area contributed by atoms with Crippen LogP contribution in [-0.4, -0.2) is 17.7 Å². The Balaban J connectivity index is 2.12. The number of hydrogen-bond acceptors (Lipinski definition) is 2. The lowest BCUT2D eigenvalue weighted by Gasteiger charge is -2.07. The summed E-state index contributed by atoms with van der Waals surface area (Å²) in [7, 11) is 0. The van der Waals surface area contributed by atoms with Crippen molar-refractivity contribution < 1.29 is 9.59 Å². The molecule has 1 N–H and O–H groups in total. The smallest absolute Gasteiger partial charge is 0.220 e. The SMILES string of the molecule is CCCCCCC(=O)C1CCC(=O)N1. The molecule has 1 aliphatic rings. The average Bonchev–Trinajstić information content (AvgIpc) is 2.59. The second-order valence-corrected chi connectivity index (χ2v) is 3.94. The lowest BCUT2D eigenvalue weighted by atomic mass is 10.0. The number of Topliss-reactive ketones (excluding diaryl/α,β-unsaturated/α-hetero) is 1. The maximum absolute atomic E-state index is 11.5. The van der Waals surface area contributed by atoms with Crippen LogP contribution in [-0.2, 0) is 9.59 Å². The van der Waals surface area contributed by atoms with Gasteiger partial charge in [-0.05, 0) is 12.8 Å². The van der Waals surface area contributed by atoms with E-state index >= 15 is 0 Å². The first-order chi connectivity index (χ1) is 6.74. The number of unbranched alkanes of at least 4 members (excludes halogenated alkanes) is 3. The molecule has 0 aliphatic carbocycles. The molecule has 1 fully saturated rings. The van der Waals surface area contributed by atoms with Crippen molar-refractivity contribution in [1.82, 2.24) is 5.32 Å². The number of hydrogen-bond donors (Lipinski definition) is 1. The summed E-state index contributed by atoms with van der Waals surface area (Å²) in [6.07, 6.45) is 6.34. The van der Waals surface area contributed by atoms with Crippen LogP contribution >= 0.6 is 0 Å². The highest BCUT2D eigenvalue weighted by Crippen LogP contribution is 2.11. The van der Waals surface area contributed by atoms with Crippen LogP contribution < -0.4 is 5.32 Å². The first-order valence-corrected chi connectivity index (χ1v) is 5.56. The highest BCUT2D eigenvalue weighted by atomic mass is 16.2. The predicted molar refractivity (Wildman–Crippen MR) is 54.9 cm³/mol. The third kappa shape index (κ3) is 3.48. The van der Waals surface area contributed by atoms with Crippen molar-refractivity contribution in [2.75, 3.05) is 0 Å². The maximum atomic E-state index is 11.5. The average molecular weight is 197 g/mol. The van der Waals surface area contributed by atoms with Crippen LogP contribution in [0.15, 0.2) is 0 Å². The Kier molecular flexibility index (Phi) is 4.63. The fraction of sp³-hybridized carbons (Fsp3) is 0.818. The van der Waals surface area contributed by atoms with Crippen molar-refractivity contribution in [2.45, 2.75) is 57.9 Å². The molecule has 0 bridgehead atoms. The lowest BCUT2D eigenvalue weighted by molar-refractivity contribution is -0.124. The Morgan fingerprint density at radius 3 is 2.79 bits per heavy atom. The minimum atomic E-state index is -0.177. The summed E-state index contributed by atoms with van der Waals surface area (Å²) >= 11 is 0. The van der Waals surface area contributed by atoms with E-state index in [0.717, 1.165) is 12.8 Å². The molecular formula is C11H19NO2. The number of ketones is 1. The summed E-state index contributed by atoms with van der Waals surface area (Å²) in [5.41, 5.74) is 0. The summed E-state index contributed by atoms with van der Waals surface area (Å²) < 4.78 is 0. The molecule has 3 nitrogen and oxygen atoms in total. The van der Waals surface area contributed by atoms with Crippen LogP contribution in [0.1, 0.15) is 51.9 Å². The van der Waals surface area contributed by atoms with Crippen LogP contribution in [0.25, 0.3) is 0 Å². The van der Waals surface area contributed by atoms with Crippen molar-refractivity contribution in [3.8, 4) is 0 Å². The Labute approximate surface area is 85.3 Å². The molecule has 1 saturated heterocycles. The number of amides is 1. The third-order valence-electron chi connectivity index (χ3n) is 2.66. The summed E-state index contributed by atoms with van der Waals surface area (Å²) in [4.78, 5) is 22.4. The van der Waals surface area contributed by atoms with Crippen LogP contribution in [0.3, 0.4) is 0 Å². The van der Waals surface area contributed by atoms with Gasteiger partial charge in [-0.2, -0.15) is 0 Å². The zero-order valence-electron chi connectivity index (χ0n) is 8.84. The van der Waals surface area contributed by atoms with Gasteiger partial charge in [0.15, 0.2) is 5.78 Å². The molecule has 1 rings (SSSR count). The molecule has 0 aromatic heterocycles. The molecule has 80 valence electrons. The van der Waals surface area contributed by atoms with Crippen LogP contribution in [0.5, 0.6) is 0 Å². The quantitative estimate of drug-likeness (QED) is 0.660. The zero-order valence-corrected chi connectivity index (χ0v) is 8.84. The minimum absolute atomic E-state index is 0.0249. The van der Waals surface area contributed by atoms with Crippen LogP contribution in [0.4, 0.5) is 0 Å². The molecule has 1 atom stereocenters. The standard InChI is InChI=1S/C11H19NO2/c1-2-3-4-5-6-10(13)9-7-8-11(14)12-9/h9H,2-8H2,1H3,(H,12,14). The van der Waals surface area contributed by atoms with E-state index < -0.39 is 0 Å². The van der Waals surface area contributed by atoms with Crippen molar-refractivity contribution in [3.05, 3.63) is 0 Å². The van der Waals surface area contributed by atoms with Crippen molar-refractivity contribution in [3.63, 3.8) is 0 Å². The van der Waals surface area contributed by atoms with Gasteiger partial charge in [-0.25, -0.2) is 0 Å². The van der Waals surface area contributed by atoms with Gasteiger partial charge in [-0.3, -0.25) is 9.59 Å². The zero-order chi connectivity index (χ0) is 10.4. The third-order valence-corrected chi connectivity index (χ3v) is 2.66. The highest BCUT2D eigenvalue weighted by Gasteiger charge is 2.26. The van der Waals surface area contributed by atoms with E-state index in [4.69, 9.17) is 0 Å². The molecule has 14 heavy (non-hydrogen) atoms. The number of carbonyl (C=O) groups excluding carboxylic acids is 2. The van der Waals surface area contributed by atoms with E-state index in [1.54, 1.807) is 0 Å². The number of rotatable bonds is 6. The molecule has 1 heterocycles. The second kappa shape index (κ2) is 5.78. The summed E-state index contributed by atoms with van der Waals surface area (Å²) in [5, 5.41) is 2.71. The monoisotopic (exact) mass is 197 g/mol. The Bertz CT molecular complexity index is 213. The highest BCUT2D eigenvalue weighted by molar-refractivity contribution is 5.91. The van der Waals surface area contributed by atoms with E-state index in [2.05, 4.69) is 12.2 Å². The molecule has 0 aromatic rings. The van der Waals surface area contributed by atoms with Gasteiger partial charge in [0.2, 0.25) is 5.91 Å². The van der Waals surface area contributed by atoms with Gasteiger partial charge in [0.25, 0.3) is 0 Å². The predicted octanol–water partition coefficient (Wildman–Crippen LogP) is 1.80. The molecule has 1 aliphatic heterocycles. The van der Waals surface area contributed by atoms with Crippen molar-refractivity contribution >= 4 is 11.7 Å². The fourth-order valence-corrected chi connectivity index (χ4v) is 1.76. The largest absolute Gasteiger partial charge is 0.346 e. The van der Waals surface area contributed by atoms with E-state index in [-0.39, 0.29) is 17.7 Å². The number of nitrogens with one attached hydrogen (secondary N) is 1. The molecule has 0 spiro atoms. The van der Waals surface area contributed by atoms with Crippen molar-refractivity contribution in [1.29, 1.82) is 0 Å². The molecule has 0 saturated carbocycles. The van der Waals surface area contributed by atoms with Crippen molar-refractivity contribution in [2.24, 2.45) is 0 Å². The molecule has 3 heteroatoms. The summed E-state index contributed by atoms with van der Waals surface area (Å²) in [6, 6.07) is -0.177. The summed E-state index contributed by atoms with van der Waals surface area (Å²) in [5.74, 6) is 0.240. The first-order valence-electron chi connectivity index (χ1n) is 5.56. The Morgan fingerprint density at radius 1 is 1.43 bits per heavy atom. The molecule has 1 amide bonds. The summed E-state index contributed by atoms with van der Waals surface area (Å²) in [6.45, 7) is 2.15. The van der Waals surface area contributed by atoms with Gasteiger partial charge < -0.3 is 5.32 Å². The molecule has 1 unspecified atom stereocenters. The van der Waals surface area contributed by atoms with Gasteiger partial charge in [0.1, 0.15) is 0 Å². The minimum Gasteiger partial charge on any atom is -0.346 e. The van der Waals surface area contributed by atoms with Crippen LogP contribution in [0.2, 0.25) is 0 Å². The maximum Gasteiger partial charge on any atom is 0.220 e. The van der Waals surface area contributed by atoms with Gasteiger partial charge in [0.05, 0.1) is 6.04 Å². The number of carbonyl (C=O) groups is 2. The molecule has 0 aromatic carbocycles. The lowest BCUT2D eigenvalue weighted by Crippen LogP contribution is -2.32. The normalized spacial score (nSPS) is 20.9. The Morgan fingerprint density at radius 2 is 2.21 bits per heavy atom. The van der Waals surface area contributed by atoms with E-state index in [1.807, 2.05) is 0 Å². The molecular weight excluding hydrogens is 178 g/mol. The van der Waals surface area contributed by atoms with Gasteiger partial charge in [0, 0.05) is 12.8 Å². The molecule has 0 radical (unpaired) electrons. The second-order valence-electron chi connectivity index (χ2n) is 3.94. The van der Waals surface area contributed by atoms with Crippen LogP contribution in [0, 0.1) is 0 Å². The van der Waals surface area contributed by atoms with Gasteiger partial charge in [-0.1, -0.05) is 26.2 Å². The van der Waals surface area contributed by atoms with Gasteiger partial charge >= 0.3 is 0 Å². The van der Waals surface area contributed by atoms with E-state index in [1.165, 1.54) is 12.8 Å². The first kappa shape index (κ1) is 11.2. The van der Waals surface area contributed by atoms with E-state index in [0.29, 0.717) is 19.3 Å².